The van der Waals surface area contributed by atoms with Crippen molar-refractivity contribution in [2.24, 2.45) is 0 Å². The van der Waals surface area contributed by atoms with Crippen molar-refractivity contribution in [3.8, 4) is 11.5 Å². The van der Waals surface area contributed by atoms with E-state index in [1.165, 1.54) is 22.4 Å². The third-order valence-corrected chi connectivity index (χ3v) is 5.23. The quantitative estimate of drug-likeness (QED) is 0.653. The van der Waals surface area contributed by atoms with Gasteiger partial charge in [-0.15, -0.1) is 0 Å². The molecule has 2 N–H and O–H groups in total. The molecule has 150 valence electrons. The molecule has 0 saturated carbocycles. The minimum Gasteiger partial charge on any atom is -0.494 e. The summed E-state index contributed by atoms with van der Waals surface area (Å²) in [4.78, 5) is 13.6. The van der Waals surface area contributed by atoms with Gasteiger partial charge in [0.15, 0.2) is 6.54 Å². The molecule has 0 spiro atoms. The maximum absolute atomic E-state index is 12.3. The Kier molecular flexibility index (Phi) is 7.31. The number of carbonyl (C=O) groups excluding carboxylic acids is 1. The van der Waals surface area contributed by atoms with Gasteiger partial charge in [-0.1, -0.05) is 24.3 Å². The molecule has 2 atom stereocenters. The van der Waals surface area contributed by atoms with E-state index in [-0.39, 0.29) is 5.91 Å². The van der Waals surface area contributed by atoms with Gasteiger partial charge in [0.2, 0.25) is 0 Å². The zero-order valence-electron chi connectivity index (χ0n) is 16.9. The average Bonchev–Trinajstić information content (AvgIpc) is 2.72. The van der Waals surface area contributed by atoms with Crippen molar-refractivity contribution in [3.63, 3.8) is 0 Å². The van der Waals surface area contributed by atoms with Gasteiger partial charge in [0, 0.05) is 12.0 Å². The van der Waals surface area contributed by atoms with Crippen LogP contribution in [-0.4, -0.2) is 39.3 Å². The number of hydrogen-bond acceptors (Lipinski definition) is 3. The lowest BCUT2D eigenvalue weighted by Gasteiger charge is -2.30. The molecule has 0 fully saturated rings. The second-order valence-corrected chi connectivity index (χ2v) is 7.27. The predicted octanol–water partition coefficient (Wildman–Crippen LogP) is 2.17. The standard InChI is InChI=1S/C23H30N2O3/c1-3-27-19-11-13-20(14-12-19)28-16-15-24-23(26)17-25(2)22-10-6-8-18-7-4-5-9-21(18)22/h4-5,7,9,11-14,22H,3,6,8,10,15-17H2,1-2H3,(H,24,26)/p+1/t22-/m1/s1. The third kappa shape index (κ3) is 5.49. The van der Waals surface area contributed by atoms with Crippen LogP contribution in [0.25, 0.3) is 0 Å². The normalized spacial score (nSPS) is 16.7. The van der Waals surface area contributed by atoms with Crippen LogP contribution in [0.2, 0.25) is 0 Å². The van der Waals surface area contributed by atoms with Gasteiger partial charge in [0.25, 0.3) is 5.91 Å². The molecule has 0 bridgehead atoms. The summed E-state index contributed by atoms with van der Waals surface area (Å²) in [5, 5.41) is 2.97. The number of aryl methyl sites for hydroxylation is 1. The number of fused-ring (bicyclic) bond motifs is 1. The summed E-state index contributed by atoms with van der Waals surface area (Å²) in [6.07, 6.45) is 3.47. The molecule has 5 nitrogen and oxygen atoms in total. The molecule has 1 aliphatic carbocycles. The number of ether oxygens (including phenoxy) is 2. The predicted molar refractivity (Wildman–Crippen MR) is 110 cm³/mol. The molecule has 2 aromatic carbocycles. The molecule has 0 aromatic heterocycles. The summed E-state index contributed by atoms with van der Waals surface area (Å²) in [6, 6.07) is 16.6. The highest BCUT2D eigenvalue weighted by molar-refractivity contribution is 5.76. The van der Waals surface area contributed by atoms with E-state index >= 15 is 0 Å². The molecule has 1 aliphatic rings. The van der Waals surface area contributed by atoms with Gasteiger partial charge in [-0.2, -0.15) is 0 Å². The molecule has 28 heavy (non-hydrogen) atoms. The number of amides is 1. The van der Waals surface area contributed by atoms with Gasteiger partial charge >= 0.3 is 0 Å². The number of carbonyl (C=O) groups is 1. The summed E-state index contributed by atoms with van der Waals surface area (Å²) < 4.78 is 11.1. The third-order valence-electron chi connectivity index (χ3n) is 5.23. The van der Waals surface area contributed by atoms with E-state index in [4.69, 9.17) is 9.47 Å². The van der Waals surface area contributed by atoms with Gasteiger partial charge in [-0.05, 0) is 49.6 Å². The molecule has 1 amide bonds. The molecular weight excluding hydrogens is 352 g/mol. The van der Waals surface area contributed by atoms with Crippen LogP contribution in [0, 0.1) is 0 Å². The Morgan fingerprint density at radius 3 is 2.57 bits per heavy atom. The summed E-state index contributed by atoms with van der Waals surface area (Å²) in [5.74, 6) is 1.67. The molecule has 2 aromatic rings. The van der Waals surface area contributed by atoms with Crippen LogP contribution in [-0.2, 0) is 11.2 Å². The Hall–Kier alpha value is -2.53. The van der Waals surface area contributed by atoms with Crippen molar-refractivity contribution in [2.45, 2.75) is 32.2 Å². The molecule has 0 saturated heterocycles. The van der Waals surface area contributed by atoms with Crippen molar-refractivity contribution in [1.82, 2.24) is 5.32 Å². The Morgan fingerprint density at radius 1 is 1.11 bits per heavy atom. The van der Waals surface area contributed by atoms with Crippen LogP contribution in [0.1, 0.15) is 36.9 Å². The minimum atomic E-state index is 0.0656. The van der Waals surface area contributed by atoms with Crippen LogP contribution in [0.5, 0.6) is 11.5 Å². The highest BCUT2D eigenvalue weighted by Crippen LogP contribution is 2.27. The van der Waals surface area contributed by atoms with Gasteiger partial charge in [-0.25, -0.2) is 0 Å². The maximum Gasteiger partial charge on any atom is 0.275 e. The number of hydrogen-bond donors (Lipinski definition) is 2. The van der Waals surface area contributed by atoms with E-state index in [1.54, 1.807) is 0 Å². The first-order chi connectivity index (χ1) is 13.7. The molecule has 5 heteroatoms. The maximum atomic E-state index is 12.3. The van der Waals surface area contributed by atoms with Crippen LogP contribution in [0.3, 0.4) is 0 Å². The van der Waals surface area contributed by atoms with E-state index in [9.17, 15) is 4.79 Å². The topological polar surface area (TPSA) is 52.0 Å². The fourth-order valence-electron chi connectivity index (χ4n) is 3.86. The molecule has 3 rings (SSSR count). The van der Waals surface area contributed by atoms with Crippen molar-refractivity contribution in [3.05, 3.63) is 59.7 Å². The first-order valence-electron chi connectivity index (χ1n) is 10.2. The van der Waals surface area contributed by atoms with Crippen LogP contribution < -0.4 is 19.7 Å². The van der Waals surface area contributed by atoms with Crippen LogP contribution in [0.15, 0.2) is 48.5 Å². The Balaban J connectivity index is 1.40. The number of benzene rings is 2. The lowest BCUT2D eigenvalue weighted by Crippen LogP contribution is -3.10. The van der Waals surface area contributed by atoms with Crippen LogP contribution >= 0.6 is 0 Å². The Morgan fingerprint density at radius 2 is 1.82 bits per heavy atom. The van der Waals surface area contributed by atoms with Crippen molar-refractivity contribution in [1.29, 1.82) is 0 Å². The molecule has 0 radical (unpaired) electrons. The number of likely N-dealkylation sites (N-methyl/N-ethyl adjacent to an activating group) is 1. The summed E-state index contributed by atoms with van der Waals surface area (Å²) in [6.45, 7) is 4.03. The Labute approximate surface area is 167 Å². The van der Waals surface area contributed by atoms with E-state index in [1.807, 2.05) is 31.2 Å². The van der Waals surface area contributed by atoms with Gasteiger partial charge in [-0.3, -0.25) is 4.79 Å². The summed E-state index contributed by atoms with van der Waals surface area (Å²) in [5.41, 5.74) is 2.83. The van der Waals surface area contributed by atoms with E-state index in [0.717, 1.165) is 24.3 Å². The van der Waals surface area contributed by atoms with Gasteiger partial charge < -0.3 is 19.7 Å². The summed E-state index contributed by atoms with van der Waals surface area (Å²) in [7, 11) is 2.11. The highest BCUT2D eigenvalue weighted by atomic mass is 16.5. The molecule has 0 aliphatic heterocycles. The fraction of sp³-hybridized carbons (Fsp3) is 0.435. The second kappa shape index (κ2) is 10.1. The number of nitrogens with one attached hydrogen (secondary N) is 2. The van der Waals surface area contributed by atoms with Crippen LogP contribution in [0.4, 0.5) is 0 Å². The molecule has 1 unspecified atom stereocenters. The number of quaternary nitrogens is 1. The largest absolute Gasteiger partial charge is 0.494 e. The zero-order chi connectivity index (χ0) is 19.8. The van der Waals surface area contributed by atoms with E-state index in [2.05, 4.69) is 36.6 Å². The second-order valence-electron chi connectivity index (χ2n) is 7.27. The Bertz CT molecular complexity index is 761. The van der Waals surface area contributed by atoms with E-state index < -0.39 is 0 Å². The highest BCUT2D eigenvalue weighted by Gasteiger charge is 2.27. The average molecular weight is 384 g/mol. The first kappa shape index (κ1) is 20.2. The smallest absolute Gasteiger partial charge is 0.275 e. The minimum absolute atomic E-state index is 0.0656. The monoisotopic (exact) mass is 383 g/mol. The van der Waals surface area contributed by atoms with Crippen molar-refractivity contribution >= 4 is 5.91 Å². The first-order valence-corrected chi connectivity index (χ1v) is 10.2. The van der Waals surface area contributed by atoms with Crippen molar-refractivity contribution < 1.29 is 19.2 Å². The lowest BCUT2D eigenvalue weighted by atomic mass is 9.87. The fourth-order valence-corrected chi connectivity index (χ4v) is 3.86. The summed E-state index contributed by atoms with van der Waals surface area (Å²) >= 11 is 0. The molecule has 0 heterocycles. The molecular formula is C23H31N2O3+. The SMILES string of the molecule is CCOc1ccc(OCCNC(=O)C[NH+](C)[C@@H]2CCCc3ccccc32)cc1. The zero-order valence-corrected chi connectivity index (χ0v) is 16.9. The lowest BCUT2D eigenvalue weighted by molar-refractivity contribution is -0.905. The number of rotatable bonds is 9. The van der Waals surface area contributed by atoms with Gasteiger partial charge in [0.1, 0.15) is 24.1 Å². The van der Waals surface area contributed by atoms with Gasteiger partial charge in [0.05, 0.1) is 20.2 Å². The van der Waals surface area contributed by atoms with E-state index in [0.29, 0.717) is 32.3 Å². The van der Waals surface area contributed by atoms with Crippen molar-refractivity contribution in [2.75, 3.05) is 33.4 Å².